The number of carbonyl (C=O) groups excluding carboxylic acids is 1. The molecule has 154 valence electrons. The second-order valence-electron chi connectivity index (χ2n) is 8.63. The van der Waals surface area contributed by atoms with Gasteiger partial charge in [0.1, 0.15) is 15.4 Å². The molecule has 26 heavy (non-hydrogen) atoms. The van der Waals surface area contributed by atoms with E-state index in [1.54, 1.807) is 6.92 Å². The Morgan fingerprint density at radius 2 is 1.65 bits per heavy atom. The summed E-state index contributed by atoms with van der Waals surface area (Å²) in [5.41, 5.74) is 0.492. The third kappa shape index (κ3) is 13.8. The monoisotopic (exact) mass is 421 g/mol. The SMILES string of the molecule is C=C(C)C(=O)NCC(O)COC(CC)[SiH2]C(O[Si](C)(C)C)O[Si](C)(C)C. The minimum Gasteiger partial charge on any atom is -0.397 e. The smallest absolute Gasteiger partial charge is 0.246 e. The normalized spacial score (nSPS) is 15.5. The van der Waals surface area contributed by atoms with Gasteiger partial charge >= 0.3 is 0 Å². The second kappa shape index (κ2) is 11.5. The van der Waals surface area contributed by atoms with Crippen LogP contribution in [0.1, 0.15) is 20.3 Å². The van der Waals surface area contributed by atoms with E-state index in [1.165, 1.54) is 0 Å². The highest BCUT2D eigenvalue weighted by atomic mass is 28.4. The number of aliphatic hydroxyl groups excluding tert-OH is 1. The van der Waals surface area contributed by atoms with Crippen LogP contribution in [0.2, 0.25) is 39.3 Å². The van der Waals surface area contributed by atoms with Crippen molar-refractivity contribution in [3.8, 4) is 0 Å². The molecule has 0 saturated heterocycles. The van der Waals surface area contributed by atoms with Crippen LogP contribution in [0, 0.1) is 0 Å². The summed E-state index contributed by atoms with van der Waals surface area (Å²) in [4.78, 5) is 11.5. The molecular weight excluding hydrogens is 382 g/mol. The fraction of sp³-hybridized carbons (Fsp3) is 0.824. The number of hydrogen-bond donors (Lipinski definition) is 2. The summed E-state index contributed by atoms with van der Waals surface area (Å²) < 4.78 is 18.4. The molecule has 0 spiro atoms. The Hall–Kier alpha value is -0.299. The Balaban J connectivity index is 4.57. The van der Waals surface area contributed by atoms with Gasteiger partial charge in [-0.15, -0.1) is 0 Å². The third-order valence-electron chi connectivity index (χ3n) is 3.29. The molecule has 2 atom stereocenters. The molecule has 0 aliphatic heterocycles. The Bertz CT molecular complexity index is 433. The molecule has 0 aliphatic rings. The molecular formula is C17H39NO5Si3. The molecule has 0 radical (unpaired) electrons. The van der Waals surface area contributed by atoms with Gasteiger partial charge in [-0.1, -0.05) is 13.5 Å². The Morgan fingerprint density at radius 1 is 1.15 bits per heavy atom. The Morgan fingerprint density at radius 3 is 2.04 bits per heavy atom. The van der Waals surface area contributed by atoms with Crippen LogP contribution in [-0.2, 0) is 18.4 Å². The topological polar surface area (TPSA) is 77.0 Å². The van der Waals surface area contributed by atoms with E-state index in [2.05, 4.69) is 58.1 Å². The minimum atomic E-state index is -1.71. The van der Waals surface area contributed by atoms with Crippen molar-refractivity contribution in [1.29, 1.82) is 0 Å². The molecule has 9 heteroatoms. The zero-order valence-electron chi connectivity index (χ0n) is 17.8. The number of hydrogen-bond acceptors (Lipinski definition) is 5. The molecule has 6 nitrogen and oxygen atoms in total. The summed E-state index contributed by atoms with van der Waals surface area (Å²) >= 11 is 0. The number of aliphatic hydroxyl groups is 1. The van der Waals surface area contributed by atoms with E-state index in [-0.39, 0.29) is 30.7 Å². The first kappa shape index (κ1) is 25.7. The van der Waals surface area contributed by atoms with Crippen LogP contribution >= 0.6 is 0 Å². The van der Waals surface area contributed by atoms with Gasteiger partial charge in [-0.2, -0.15) is 0 Å². The van der Waals surface area contributed by atoms with E-state index in [0.29, 0.717) is 5.57 Å². The summed E-state index contributed by atoms with van der Waals surface area (Å²) in [5.74, 6) is -0.392. The van der Waals surface area contributed by atoms with Gasteiger partial charge in [-0.25, -0.2) is 0 Å². The van der Waals surface area contributed by atoms with Crippen molar-refractivity contribution >= 4 is 32.1 Å². The van der Waals surface area contributed by atoms with Crippen LogP contribution in [0.25, 0.3) is 0 Å². The van der Waals surface area contributed by atoms with E-state index >= 15 is 0 Å². The lowest BCUT2D eigenvalue weighted by molar-refractivity contribution is -0.118. The highest BCUT2D eigenvalue weighted by molar-refractivity contribution is 6.71. The van der Waals surface area contributed by atoms with Crippen LogP contribution < -0.4 is 5.32 Å². The Kier molecular flexibility index (Phi) is 11.4. The van der Waals surface area contributed by atoms with Crippen LogP contribution in [0.3, 0.4) is 0 Å². The fourth-order valence-corrected chi connectivity index (χ4v) is 8.72. The van der Waals surface area contributed by atoms with Crippen molar-refractivity contribution < 1.29 is 23.5 Å². The summed E-state index contributed by atoms with van der Waals surface area (Å²) in [6.45, 7) is 20.6. The molecule has 0 saturated carbocycles. The molecule has 2 N–H and O–H groups in total. The van der Waals surface area contributed by atoms with Gasteiger partial charge < -0.3 is 24.0 Å². The summed E-state index contributed by atoms with van der Waals surface area (Å²) in [7, 11) is -4.23. The maximum absolute atomic E-state index is 11.5. The number of amides is 1. The molecule has 1 amide bonds. The van der Waals surface area contributed by atoms with Gasteiger partial charge in [0.05, 0.1) is 12.7 Å². The molecule has 0 fully saturated rings. The molecule has 0 aromatic heterocycles. The largest absolute Gasteiger partial charge is 0.397 e. The van der Waals surface area contributed by atoms with Gasteiger partial charge in [0.15, 0.2) is 16.6 Å². The van der Waals surface area contributed by atoms with E-state index in [4.69, 9.17) is 13.6 Å². The quantitative estimate of drug-likeness (QED) is 0.270. The fourth-order valence-electron chi connectivity index (χ4n) is 2.14. The summed E-state index contributed by atoms with van der Waals surface area (Å²) in [6, 6.07) is 0. The average Bonchev–Trinajstić information content (AvgIpc) is 2.45. The summed E-state index contributed by atoms with van der Waals surface area (Å²) in [6.07, 6.45) is 0.119. The van der Waals surface area contributed by atoms with Gasteiger partial charge in [0.2, 0.25) is 5.91 Å². The first-order chi connectivity index (χ1) is 11.7. The Labute approximate surface area is 163 Å². The standard InChI is InChI=1S/C17H39NO5Si3/c1-10-15(21-12-14(19)11-18-16(20)13(2)3)24-17(22-25(4,5)6)23-26(7,8)9/h14-15,17,19H,2,10-12,24H2,1,3-9H3,(H,18,20). The lowest BCUT2D eigenvalue weighted by Gasteiger charge is -2.33. The number of nitrogens with one attached hydrogen (secondary N) is 1. The molecule has 0 aromatic carbocycles. The number of carbonyl (C=O) groups is 1. The number of ether oxygens (including phenoxy) is 1. The maximum Gasteiger partial charge on any atom is 0.246 e. The van der Waals surface area contributed by atoms with Crippen molar-refractivity contribution in [2.75, 3.05) is 13.2 Å². The predicted molar refractivity (Wildman–Crippen MR) is 115 cm³/mol. The lowest BCUT2D eigenvalue weighted by atomic mass is 10.3. The van der Waals surface area contributed by atoms with Gasteiger partial charge in [-0.3, -0.25) is 4.79 Å². The van der Waals surface area contributed by atoms with Crippen LogP contribution in [0.5, 0.6) is 0 Å². The van der Waals surface area contributed by atoms with E-state index < -0.39 is 32.3 Å². The zero-order chi connectivity index (χ0) is 20.5. The first-order valence-electron chi connectivity index (χ1n) is 9.32. The molecule has 0 bridgehead atoms. The van der Waals surface area contributed by atoms with Crippen LogP contribution in [0.15, 0.2) is 12.2 Å². The maximum atomic E-state index is 11.5. The number of rotatable bonds is 13. The lowest BCUT2D eigenvalue weighted by Crippen LogP contribution is -2.47. The van der Waals surface area contributed by atoms with Crippen LogP contribution in [0.4, 0.5) is 0 Å². The van der Waals surface area contributed by atoms with Crippen LogP contribution in [-0.4, -0.2) is 68.1 Å². The van der Waals surface area contributed by atoms with Crippen molar-refractivity contribution in [1.82, 2.24) is 5.32 Å². The van der Waals surface area contributed by atoms with Crippen molar-refractivity contribution in [2.24, 2.45) is 0 Å². The molecule has 0 rings (SSSR count). The van der Waals surface area contributed by atoms with Crippen molar-refractivity contribution in [2.45, 2.75) is 77.3 Å². The van der Waals surface area contributed by atoms with Gasteiger partial charge in [0, 0.05) is 17.8 Å². The van der Waals surface area contributed by atoms with Crippen molar-refractivity contribution in [3.05, 3.63) is 12.2 Å². The van der Waals surface area contributed by atoms with Gasteiger partial charge in [-0.05, 0) is 52.6 Å². The molecule has 2 unspecified atom stereocenters. The second-order valence-corrected chi connectivity index (χ2v) is 19.6. The average molecular weight is 422 g/mol. The first-order valence-corrected chi connectivity index (χ1v) is 17.8. The highest BCUT2D eigenvalue weighted by Gasteiger charge is 2.29. The third-order valence-corrected chi connectivity index (χ3v) is 7.95. The zero-order valence-corrected chi connectivity index (χ0v) is 21.3. The van der Waals surface area contributed by atoms with E-state index in [0.717, 1.165) is 6.42 Å². The van der Waals surface area contributed by atoms with Crippen molar-refractivity contribution in [3.63, 3.8) is 0 Å². The molecule has 0 aliphatic carbocycles. The van der Waals surface area contributed by atoms with E-state index in [1.807, 2.05) is 0 Å². The predicted octanol–water partition coefficient (Wildman–Crippen LogP) is 1.95. The highest BCUT2D eigenvalue weighted by Crippen LogP contribution is 2.15. The summed E-state index contributed by atoms with van der Waals surface area (Å²) in [5, 5.41) is 12.7. The van der Waals surface area contributed by atoms with E-state index in [9.17, 15) is 9.90 Å². The molecule has 0 aromatic rings. The minimum absolute atomic E-state index is 0.0687. The van der Waals surface area contributed by atoms with Gasteiger partial charge in [0.25, 0.3) is 0 Å². The molecule has 0 heterocycles.